The molecule has 0 fully saturated rings. The lowest BCUT2D eigenvalue weighted by Gasteiger charge is -2.13. The summed E-state index contributed by atoms with van der Waals surface area (Å²) < 4.78 is 4.56. The molecule has 0 atom stereocenters. The largest absolute Gasteiger partial charge is 0.309 e. The van der Waals surface area contributed by atoms with Crippen molar-refractivity contribution >= 4 is 32.8 Å². The van der Waals surface area contributed by atoms with Crippen LogP contribution in [0.1, 0.15) is 22.3 Å². The molecule has 0 N–H and O–H groups in total. The van der Waals surface area contributed by atoms with Gasteiger partial charge in [-0.2, -0.15) is 21.0 Å². The van der Waals surface area contributed by atoms with Crippen LogP contribution in [0.15, 0.2) is 121 Å². The Morgan fingerprint density at radius 3 is 0.935 bits per heavy atom. The molecule has 2 heterocycles. The molecule has 6 heteroatoms. The van der Waals surface area contributed by atoms with E-state index in [9.17, 15) is 21.0 Å². The number of benzene rings is 6. The van der Waals surface area contributed by atoms with Gasteiger partial charge in [-0.15, -0.1) is 0 Å². The summed E-state index contributed by atoms with van der Waals surface area (Å²) in [4.78, 5) is 0. The van der Waals surface area contributed by atoms with E-state index in [1.807, 2.05) is 24.3 Å². The molecule has 0 aliphatic rings. The Balaban J connectivity index is 1.24. The monoisotopic (exact) mass is 584 g/mol. The third-order valence-corrected chi connectivity index (χ3v) is 8.55. The van der Waals surface area contributed by atoms with E-state index in [1.54, 1.807) is 36.4 Å². The van der Waals surface area contributed by atoms with Gasteiger partial charge in [-0.05, 0) is 107 Å². The van der Waals surface area contributed by atoms with Gasteiger partial charge in [-0.1, -0.05) is 36.4 Å². The van der Waals surface area contributed by atoms with Gasteiger partial charge < -0.3 is 9.13 Å². The predicted octanol–water partition coefficient (Wildman–Crippen LogP) is 8.99. The molecule has 0 amide bonds. The Morgan fingerprint density at radius 2 is 0.652 bits per heavy atom. The fourth-order valence-electron chi connectivity index (χ4n) is 6.58. The van der Waals surface area contributed by atoms with Crippen molar-refractivity contribution in [1.29, 1.82) is 21.0 Å². The van der Waals surface area contributed by atoms with Gasteiger partial charge in [0.25, 0.3) is 0 Å². The van der Waals surface area contributed by atoms with Crippen LogP contribution < -0.4 is 0 Å². The highest BCUT2D eigenvalue weighted by Gasteiger charge is 2.22. The molecule has 0 bridgehead atoms. The van der Waals surface area contributed by atoms with Crippen LogP contribution in [0, 0.1) is 45.3 Å². The minimum absolute atomic E-state index is 0.461. The number of nitriles is 4. The molecular formula is C40H20N6. The van der Waals surface area contributed by atoms with E-state index in [-0.39, 0.29) is 0 Å². The van der Waals surface area contributed by atoms with Crippen LogP contribution in [-0.2, 0) is 0 Å². The normalized spacial score (nSPS) is 11.0. The summed E-state index contributed by atoms with van der Waals surface area (Å²) in [5.74, 6) is 0. The molecule has 0 aliphatic heterocycles. The SMILES string of the molecule is N#Cc1cc(C#N)cc(-c2ccc(-n3c4cccc5c4c4c3cccc4n5-c3ccc(-c4cc(C#N)cc(C#N)c4)cc3)cc2)c1. The molecule has 0 aliphatic carbocycles. The molecule has 6 aromatic carbocycles. The first kappa shape index (κ1) is 26.5. The first-order valence-electron chi connectivity index (χ1n) is 14.6. The van der Waals surface area contributed by atoms with Crippen LogP contribution >= 0.6 is 0 Å². The number of nitrogens with zero attached hydrogens (tertiary/aromatic N) is 6. The zero-order valence-corrected chi connectivity index (χ0v) is 24.2. The molecule has 0 spiro atoms. The van der Waals surface area contributed by atoms with Crippen molar-refractivity contribution in [3.63, 3.8) is 0 Å². The van der Waals surface area contributed by atoms with Crippen LogP contribution in [0.25, 0.3) is 66.5 Å². The number of aromatic nitrogens is 2. The quantitative estimate of drug-likeness (QED) is 0.206. The lowest BCUT2D eigenvalue weighted by atomic mass is 10.0. The zero-order valence-electron chi connectivity index (χ0n) is 24.2. The standard InChI is InChI=1S/C40H20N6/c41-21-25-15-26(22-42)18-31(17-25)29-7-11-33(12-8-29)45-35-3-1-4-36-39(35)40-37(45)5-2-6-38(40)46(36)34-13-9-30(10-14-34)32-19-27(23-43)16-28(20-32)24-44/h1-20H. The van der Waals surface area contributed by atoms with Crippen LogP contribution in [0.3, 0.4) is 0 Å². The van der Waals surface area contributed by atoms with Crippen molar-refractivity contribution in [2.45, 2.75) is 0 Å². The molecule has 0 saturated carbocycles. The smallest absolute Gasteiger partial charge is 0.0992 e. The van der Waals surface area contributed by atoms with Gasteiger partial charge in [-0.25, -0.2) is 0 Å². The fourth-order valence-corrected chi connectivity index (χ4v) is 6.58. The lowest BCUT2D eigenvalue weighted by molar-refractivity contribution is 1.16. The molecule has 210 valence electrons. The van der Waals surface area contributed by atoms with Crippen molar-refractivity contribution in [3.8, 4) is 57.9 Å². The molecule has 8 aromatic rings. The highest BCUT2D eigenvalue weighted by Crippen LogP contribution is 2.42. The summed E-state index contributed by atoms with van der Waals surface area (Å²) in [5.41, 5.74) is 11.8. The minimum Gasteiger partial charge on any atom is -0.309 e. The van der Waals surface area contributed by atoms with Gasteiger partial charge in [0.05, 0.1) is 68.6 Å². The average molecular weight is 585 g/mol. The Morgan fingerprint density at radius 1 is 0.348 bits per heavy atom. The third kappa shape index (κ3) is 4.00. The second-order valence-corrected chi connectivity index (χ2v) is 11.2. The Hall–Kier alpha value is -7.12. The summed E-state index contributed by atoms with van der Waals surface area (Å²) >= 11 is 0. The topological polar surface area (TPSA) is 105 Å². The van der Waals surface area contributed by atoms with Crippen LogP contribution in [-0.4, -0.2) is 9.13 Å². The van der Waals surface area contributed by atoms with Crippen LogP contribution in [0.2, 0.25) is 0 Å². The number of hydrogen-bond donors (Lipinski definition) is 0. The second kappa shape index (κ2) is 10.3. The van der Waals surface area contributed by atoms with E-state index >= 15 is 0 Å². The van der Waals surface area contributed by atoms with Crippen molar-refractivity contribution < 1.29 is 0 Å². The van der Waals surface area contributed by atoms with Gasteiger partial charge in [0.1, 0.15) is 0 Å². The van der Waals surface area contributed by atoms with E-state index in [1.165, 1.54) is 10.8 Å². The first-order chi connectivity index (χ1) is 22.6. The molecule has 6 nitrogen and oxygen atoms in total. The van der Waals surface area contributed by atoms with E-state index in [0.717, 1.165) is 55.7 Å². The Bertz CT molecular complexity index is 2350. The van der Waals surface area contributed by atoms with Gasteiger partial charge in [-0.3, -0.25) is 0 Å². The molecule has 0 saturated heterocycles. The first-order valence-corrected chi connectivity index (χ1v) is 14.6. The van der Waals surface area contributed by atoms with Crippen molar-refractivity contribution in [3.05, 3.63) is 144 Å². The molecule has 8 rings (SSSR count). The molecule has 2 aromatic heterocycles. The van der Waals surface area contributed by atoms with Crippen molar-refractivity contribution in [2.75, 3.05) is 0 Å². The molecule has 0 radical (unpaired) electrons. The Kier molecular flexibility index (Phi) is 5.91. The number of hydrogen-bond acceptors (Lipinski definition) is 4. The highest BCUT2D eigenvalue weighted by atomic mass is 15.0. The van der Waals surface area contributed by atoms with Gasteiger partial charge in [0.2, 0.25) is 0 Å². The summed E-state index contributed by atoms with van der Waals surface area (Å²) in [7, 11) is 0. The highest BCUT2D eigenvalue weighted by molar-refractivity contribution is 6.25. The number of rotatable bonds is 4. The van der Waals surface area contributed by atoms with Crippen LogP contribution in [0.4, 0.5) is 0 Å². The summed E-state index contributed by atoms with van der Waals surface area (Å²) in [5, 5.41) is 40.1. The maximum absolute atomic E-state index is 9.43. The predicted molar refractivity (Wildman–Crippen MR) is 179 cm³/mol. The lowest BCUT2D eigenvalue weighted by Crippen LogP contribution is -1.98. The average Bonchev–Trinajstić information content (AvgIpc) is 3.65. The molecular weight excluding hydrogens is 564 g/mol. The summed E-state index contributed by atoms with van der Waals surface area (Å²) in [6.45, 7) is 0. The molecule has 46 heavy (non-hydrogen) atoms. The minimum atomic E-state index is 0.461. The van der Waals surface area contributed by atoms with Crippen molar-refractivity contribution in [2.24, 2.45) is 0 Å². The van der Waals surface area contributed by atoms with Crippen LogP contribution in [0.5, 0.6) is 0 Å². The van der Waals surface area contributed by atoms with E-state index in [4.69, 9.17) is 0 Å². The van der Waals surface area contributed by atoms with Gasteiger partial charge in [0.15, 0.2) is 0 Å². The third-order valence-electron chi connectivity index (χ3n) is 8.55. The van der Waals surface area contributed by atoms with Gasteiger partial charge in [0, 0.05) is 22.1 Å². The second-order valence-electron chi connectivity index (χ2n) is 11.2. The van der Waals surface area contributed by atoms with E-state index < -0.39 is 0 Å². The maximum atomic E-state index is 9.43. The van der Waals surface area contributed by atoms with Crippen molar-refractivity contribution in [1.82, 2.24) is 9.13 Å². The van der Waals surface area contributed by atoms with E-state index in [0.29, 0.717) is 22.3 Å². The Labute approximate surface area is 264 Å². The summed E-state index contributed by atoms with van der Waals surface area (Å²) in [6.07, 6.45) is 0. The summed E-state index contributed by atoms with van der Waals surface area (Å²) in [6, 6.07) is 48.2. The fraction of sp³-hybridized carbons (Fsp3) is 0. The van der Waals surface area contributed by atoms with E-state index in [2.05, 4.69) is 94.1 Å². The van der Waals surface area contributed by atoms with Gasteiger partial charge >= 0.3 is 0 Å². The molecule has 0 unspecified atom stereocenters. The maximum Gasteiger partial charge on any atom is 0.0992 e. The zero-order chi connectivity index (χ0) is 31.4.